The molecular formula is C14H21BrN2O3S. The molecule has 0 aliphatic carbocycles. The molecule has 7 heteroatoms. The topological polar surface area (TPSA) is 67.4 Å². The van der Waals surface area contributed by atoms with Gasteiger partial charge in [0.05, 0.1) is 6.61 Å². The summed E-state index contributed by atoms with van der Waals surface area (Å²) >= 11 is 3.31. The number of benzene rings is 1. The Morgan fingerprint density at radius 2 is 2.29 bits per heavy atom. The van der Waals surface area contributed by atoms with Crippen LogP contribution >= 0.6 is 15.9 Å². The van der Waals surface area contributed by atoms with Gasteiger partial charge in [-0.1, -0.05) is 15.9 Å². The van der Waals surface area contributed by atoms with Crippen LogP contribution in [0.2, 0.25) is 0 Å². The Bertz CT molecular complexity index is 572. The summed E-state index contributed by atoms with van der Waals surface area (Å²) in [4.78, 5) is 0.184. The fourth-order valence-electron chi connectivity index (χ4n) is 2.40. The SMILES string of the molecule is CCOc1ccc(Br)cc1S(=O)(=O)NCCC1CCNC1. The lowest BCUT2D eigenvalue weighted by molar-refractivity contribution is 0.331. The molecule has 0 saturated carbocycles. The molecule has 1 saturated heterocycles. The molecular weight excluding hydrogens is 356 g/mol. The molecule has 1 aromatic carbocycles. The predicted octanol–water partition coefficient (Wildman–Crippen LogP) is 2.13. The average Bonchev–Trinajstić information content (AvgIpc) is 2.94. The fourth-order valence-corrected chi connectivity index (χ4v) is 4.13. The third-order valence-electron chi connectivity index (χ3n) is 3.50. The van der Waals surface area contributed by atoms with Crippen molar-refractivity contribution in [3.8, 4) is 5.75 Å². The zero-order valence-corrected chi connectivity index (χ0v) is 14.5. The first kappa shape index (κ1) is 16.7. The summed E-state index contributed by atoms with van der Waals surface area (Å²) in [6.45, 7) is 4.71. The fraction of sp³-hybridized carbons (Fsp3) is 0.571. The Hall–Kier alpha value is -0.630. The smallest absolute Gasteiger partial charge is 0.244 e. The van der Waals surface area contributed by atoms with E-state index in [2.05, 4.69) is 26.0 Å². The van der Waals surface area contributed by atoms with Crippen LogP contribution in [-0.4, -0.2) is 34.7 Å². The van der Waals surface area contributed by atoms with Crippen molar-refractivity contribution in [2.45, 2.75) is 24.7 Å². The average molecular weight is 377 g/mol. The van der Waals surface area contributed by atoms with Crippen LogP contribution in [0.3, 0.4) is 0 Å². The van der Waals surface area contributed by atoms with Crippen molar-refractivity contribution in [3.63, 3.8) is 0 Å². The lowest BCUT2D eigenvalue weighted by atomic mass is 10.1. The monoisotopic (exact) mass is 376 g/mol. The van der Waals surface area contributed by atoms with E-state index in [4.69, 9.17) is 4.74 Å². The minimum Gasteiger partial charge on any atom is -0.492 e. The van der Waals surface area contributed by atoms with Crippen molar-refractivity contribution in [2.75, 3.05) is 26.2 Å². The second kappa shape index (κ2) is 7.58. The summed E-state index contributed by atoms with van der Waals surface area (Å²) in [5, 5.41) is 3.28. The molecule has 118 valence electrons. The highest BCUT2D eigenvalue weighted by Crippen LogP contribution is 2.27. The number of hydrogen-bond acceptors (Lipinski definition) is 4. The summed E-state index contributed by atoms with van der Waals surface area (Å²) in [6.07, 6.45) is 1.97. The van der Waals surface area contributed by atoms with Gasteiger partial charge in [0.1, 0.15) is 10.6 Å². The maximum atomic E-state index is 12.4. The molecule has 0 bridgehead atoms. The van der Waals surface area contributed by atoms with Crippen LogP contribution in [0.5, 0.6) is 5.75 Å². The molecule has 21 heavy (non-hydrogen) atoms. The highest BCUT2D eigenvalue weighted by Gasteiger charge is 2.21. The van der Waals surface area contributed by atoms with Gasteiger partial charge in [-0.15, -0.1) is 0 Å². The number of halogens is 1. The van der Waals surface area contributed by atoms with Gasteiger partial charge in [0, 0.05) is 11.0 Å². The van der Waals surface area contributed by atoms with Crippen LogP contribution in [0, 0.1) is 5.92 Å². The molecule has 0 radical (unpaired) electrons. The van der Waals surface area contributed by atoms with Gasteiger partial charge < -0.3 is 10.1 Å². The summed E-state index contributed by atoms with van der Waals surface area (Å²) in [7, 11) is -3.55. The highest BCUT2D eigenvalue weighted by molar-refractivity contribution is 9.10. The van der Waals surface area contributed by atoms with Gasteiger partial charge >= 0.3 is 0 Å². The molecule has 1 atom stereocenters. The van der Waals surface area contributed by atoms with E-state index >= 15 is 0 Å². The van der Waals surface area contributed by atoms with Crippen molar-refractivity contribution in [1.82, 2.24) is 10.0 Å². The normalized spacial score (nSPS) is 18.9. The lowest BCUT2D eigenvalue weighted by Crippen LogP contribution is -2.27. The molecule has 1 aliphatic rings. The summed E-state index contributed by atoms with van der Waals surface area (Å²) in [5.41, 5.74) is 0. The zero-order chi connectivity index (χ0) is 15.3. The number of nitrogens with one attached hydrogen (secondary N) is 2. The minimum atomic E-state index is -3.55. The standard InChI is InChI=1S/C14H21BrN2O3S/c1-2-20-13-4-3-12(15)9-14(13)21(18,19)17-8-6-11-5-7-16-10-11/h3-4,9,11,16-17H,2,5-8,10H2,1H3. The van der Waals surface area contributed by atoms with Gasteiger partial charge in [-0.2, -0.15) is 0 Å². The molecule has 1 aromatic rings. The molecule has 0 aromatic heterocycles. The molecule has 0 spiro atoms. The van der Waals surface area contributed by atoms with Gasteiger partial charge in [-0.05, 0) is 57.0 Å². The van der Waals surface area contributed by atoms with Crippen molar-refractivity contribution >= 4 is 26.0 Å². The first-order chi connectivity index (χ1) is 10.0. The van der Waals surface area contributed by atoms with Crippen molar-refractivity contribution in [1.29, 1.82) is 0 Å². The number of rotatable bonds is 7. The molecule has 0 amide bonds. The van der Waals surface area contributed by atoms with Gasteiger partial charge in [-0.25, -0.2) is 13.1 Å². The molecule has 1 fully saturated rings. The maximum absolute atomic E-state index is 12.4. The van der Waals surface area contributed by atoms with Gasteiger partial charge in [-0.3, -0.25) is 0 Å². The second-order valence-electron chi connectivity index (χ2n) is 5.07. The molecule has 5 nitrogen and oxygen atoms in total. The van der Waals surface area contributed by atoms with E-state index in [-0.39, 0.29) is 4.90 Å². The van der Waals surface area contributed by atoms with Gasteiger partial charge in [0.25, 0.3) is 0 Å². The summed E-state index contributed by atoms with van der Waals surface area (Å²) < 4.78 is 33.6. The molecule has 1 heterocycles. The largest absolute Gasteiger partial charge is 0.492 e. The Morgan fingerprint density at radius 1 is 1.48 bits per heavy atom. The maximum Gasteiger partial charge on any atom is 0.244 e. The van der Waals surface area contributed by atoms with E-state index in [0.717, 1.165) is 25.9 Å². The van der Waals surface area contributed by atoms with Crippen molar-refractivity contribution in [3.05, 3.63) is 22.7 Å². The van der Waals surface area contributed by atoms with Crippen LogP contribution in [0.15, 0.2) is 27.6 Å². The first-order valence-corrected chi connectivity index (χ1v) is 9.43. The molecule has 2 N–H and O–H groups in total. The second-order valence-corrected chi connectivity index (χ2v) is 7.72. The van der Waals surface area contributed by atoms with E-state index < -0.39 is 10.0 Å². The number of sulfonamides is 1. The molecule has 1 aliphatic heterocycles. The van der Waals surface area contributed by atoms with Crippen LogP contribution in [0.1, 0.15) is 19.8 Å². The van der Waals surface area contributed by atoms with E-state index in [9.17, 15) is 8.42 Å². The van der Waals surface area contributed by atoms with E-state index in [1.54, 1.807) is 18.2 Å². The first-order valence-electron chi connectivity index (χ1n) is 7.15. The Labute approximate surface area is 134 Å². The van der Waals surface area contributed by atoms with Crippen LogP contribution < -0.4 is 14.8 Å². The van der Waals surface area contributed by atoms with Crippen molar-refractivity contribution in [2.24, 2.45) is 5.92 Å². The minimum absolute atomic E-state index is 0.184. The molecule has 1 unspecified atom stereocenters. The summed E-state index contributed by atoms with van der Waals surface area (Å²) in [5.74, 6) is 0.942. The summed E-state index contributed by atoms with van der Waals surface area (Å²) in [6, 6.07) is 5.02. The Balaban J connectivity index is 2.05. The Morgan fingerprint density at radius 3 is 2.95 bits per heavy atom. The van der Waals surface area contributed by atoms with Crippen molar-refractivity contribution < 1.29 is 13.2 Å². The van der Waals surface area contributed by atoms with Crippen LogP contribution in [-0.2, 0) is 10.0 Å². The number of hydrogen-bond donors (Lipinski definition) is 2. The number of ether oxygens (including phenoxy) is 1. The van der Waals surface area contributed by atoms with E-state index in [1.165, 1.54) is 0 Å². The van der Waals surface area contributed by atoms with Gasteiger partial charge in [0.15, 0.2) is 0 Å². The third-order valence-corrected chi connectivity index (χ3v) is 5.48. The predicted molar refractivity (Wildman–Crippen MR) is 86.1 cm³/mol. The van der Waals surface area contributed by atoms with Crippen LogP contribution in [0.25, 0.3) is 0 Å². The van der Waals surface area contributed by atoms with Gasteiger partial charge in [0.2, 0.25) is 10.0 Å². The van der Waals surface area contributed by atoms with E-state index in [1.807, 2.05) is 6.92 Å². The highest BCUT2D eigenvalue weighted by atomic mass is 79.9. The molecule has 2 rings (SSSR count). The third kappa shape index (κ3) is 4.67. The lowest BCUT2D eigenvalue weighted by Gasteiger charge is -2.13. The zero-order valence-electron chi connectivity index (χ0n) is 12.1. The van der Waals surface area contributed by atoms with E-state index in [0.29, 0.717) is 29.3 Å². The van der Waals surface area contributed by atoms with Crippen LogP contribution in [0.4, 0.5) is 0 Å². The Kier molecular flexibility index (Phi) is 6.04. The quantitative estimate of drug-likeness (QED) is 0.764.